The minimum atomic E-state index is -3.93. The van der Waals surface area contributed by atoms with Crippen LogP contribution >= 0.6 is 0 Å². The van der Waals surface area contributed by atoms with Gasteiger partial charge in [0.25, 0.3) is 5.91 Å². The zero-order valence-electron chi connectivity index (χ0n) is 30.1. The van der Waals surface area contributed by atoms with Crippen molar-refractivity contribution in [3.05, 3.63) is 154 Å². The molecule has 2 fully saturated rings. The Balaban J connectivity index is 1.29. The molecule has 5 aromatic rings. The van der Waals surface area contributed by atoms with Crippen LogP contribution in [0.4, 0.5) is 5.82 Å². The van der Waals surface area contributed by atoms with E-state index in [0.29, 0.717) is 22.6 Å². The van der Waals surface area contributed by atoms with E-state index in [9.17, 15) is 23.1 Å². The predicted molar refractivity (Wildman–Crippen MR) is 200 cm³/mol. The number of anilines is 1. The molecule has 14 heteroatoms. The minimum Gasteiger partial charge on any atom is -0.497 e. The third-order valence-electron chi connectivity index (χ3n) is 10.1. The first-order chi connectivity index (χ1) is 25.9. The number of hydrogen-bond acceptors (Lipinski definition) is 10. The highest BCUT2D eigenvalue weighted by molar-refractivity contribution is 7.88. The number of fused-ring (bicyclic) bond motifs is 2. The molecule has 0 saturated carbocycles. The molecular formula is C40H40N4O9S. The number of carbonyl (C=O) groups is 1. The second kappa shape index (κ2) is 14.5. The average molecular weight is 753 g/mol. The fourth-order valence-electron chi connectivity index (χ4n) is 7.32. The summed E-state index contributed by atoms with van der Waals surface area (Å²) in [6, 6.07) is 31.6. The van der Waals surface area contributed by atoms with Crippen molar-refractivity contribution >= 4 is 21.7 Å². The Bertz CT molecular complexity index is 2260. The first kappa shape index (κ1) is 37.0. The molecule has 0 radical (unpaired) electrons. The highest BCUT2D eigenvalue weighted by Gasteiger charge is 2.67. The molecular weight excluding hydrogens is 713 g/mol. The zero-order chi connectivity index (χ0) is 38.3. The number of aromatic nitrogens is 2. The first-order valence-corrected chi connectivity index (χ1v) is 19.0. The number of nitrogens with one attached hydrogen (secondary N) is 1. The second-order valence-corrected chi connectivity index (χ2v) is 15.3. The van der Waals surface area contributed by atoms with Gasteiger partial charge in [-0.15, -0.1) is 0 Å². The van der Waals surface area contributed by atoms with Crippen molar-refractivity contribution in [3.8, 4) is 11.5 Å². The second-order valence-electron chi connectivity index (χ2n) is 13.4. The van der Waals surface area contributed by atoms with E-state index in [1.807, 2.05) is 78.9 Å². The van der Waals surface area contributed by atoms with Crippen LogP contribution < -0.4 is 20.5 Å². The molecule has 13 nitrogen and oxygen atoms in total. The van der Waals surface area contributed by atoms with Crippen molar-refractivity contribution in [1.29, 1.82) is 0 Å². The number of nitrogens with zero attached hydrogens (tertiary/aromatic N) is 3. The maximum absolute atomic E-state index is 13.6. The summed E-state index contributed by atoms with van der Waals surface area (Å²) in [7, 11) is -0.776. The lowest BCUT2D eigenvalue weighted by atomic mass is 9.79. The van der Waals surface area contributed by atoms with Crippen LogP contribution in [0.25, 0.3) is 0 Å². The van der Waals surface area contributed by atoms with Crippen molar-refractivity contribution in [2.24, 2.45) is 0 Å². The fraction of sp³-hybridized carbons (Fsp3) is 0.275. The number of amides is 1. The van der Waals surface area contributed by atoms with Crippen LogP contribution in [0.1, 0.15) is 38.8 Å². The molecule has 2 bridgehead atoms. The first-order valence-electron chi connectivity index (χ1n) is 17.2. The highest BCUT2D eigenvalue weighted by atomic mass is 32.2. The van der Waals surface area contributed by atoms with E-state index in [4.69, 9.17) is 18.9 Å². The van der Waals surface area contributed by atoms with E-state index < -0.39 is 51.2 Å². The number of aliphatic hydroxyl groups excluding tert-OH is 1. The summed E-state index contributed by atoms with van der Waals surface area (Å²) in [5.41, 5.74) is -0.755. The van der Waals surface area contributed by atoms with Crippen LogP contribution in [0.15, 0.2) is 120 Å². The Kier molecular flexibility index (Phi) is 9.89. The number of sulfonamides is 1. The molecule has 7 rings (SSSR count). The number of carbonyl (C=O) groups excluding carboxylic acids is 1. The molecule has 4 atom stereocenters. The number of aliphatic hydroxyl groups is 1. The number of morpholine rings is 1. The number of ether oxygens (including phenoxy) is 4. The molecule has 0 aliphatic carbocycles. The van der Waals surface area contributed by atoms with Crippen molar-refractivity contribution in [2.45, 2.75) is 36.5 Å². The molecule has 3 heterocycles. The van der Waals surface area contributed by atoms with Gasteiger partial charge in [-0.1, -0.05) is 72.8 Å². The van der Waals surface area contributed by atoms with Crippen LogP contribution in [0.2, 0.25) is 0 Å². The molecule has 2 saturated heterocycles. The van der Waals surface area contributed by atoms with Gasteiger partial charge in [-0.05, 0) is 60.0 Å². The lowest BCUT2D eigenvalue weighted by Gasteiger charge is -2.41. The summed E-state index contributed by atoms with van der Waals surface area (Å²) in [6.45, 7) is 1.11. The molecule has 0 unspecified atom stereocenters. The summed E-state index contributed by atoms with van der Waals surface area (Å²) in [5.74, 6) is 0.853. The van der Waals surface area contributed by atoms with Crippen molar-refractivity contribution < 1.29 is 37.3 Å². The maximum atomic E-state index is 13.6. The molecule has 2 N–H and O–H groups in total. The Labute approximate surface area is 312 Å². The summed E-state index contributed by atoms with van der Waals surface area (Å²) >= 11 is 0. The third kappa shape index (κ3) is 6.56. The van der Waals surface area contributed by atoms with Gasteiger partial charge in [0, 0.05) is 23.9 Å². The summed E-state index contributed by atoms with van der Waals surface area (Å²) in [4.78, 5) is 30.6. The summed E-state index contributed by atoms with van der Waals surface area (Å²) in [6.07, 6.45) is -0.213. The summed E-state index contributed by atoms with van der Waals surface area (Å²) in [5, 5.41) is 14.7. The molecule has 1 amide bonds. The number of benzene rings is 4. The van der Waals surface area contributed by atoms with Gasteiger partial charge in [0.05, 0.1) is 33.1 Å². The SMILES string of the molecule is COc1ccc(C(OC[C@@]23CN(S(C)(=O)=O)[C@@H]([C@H](n4cc(C)c(NC(=O)c5ccccc5)nc4=O)O2)[C@@H]3O)(c2ccccc2)c2ccc(OC)cc2)cc1. The normalized spacial score (nSPS) is 21.2. The quantitative estimate of drug-likeness (QED) is 0.178. The Morgan fingerprint density at radius 1 is 0.907 bits per heavy atom. The van der Waals surface area contributed by atoms with Crippen molar-refractivity contribution in [3.63, 3.8) is 0 Å². The lowest BCUT2D eigenvalue weighted by Crippen LogP contribution is -2.52. The van der Waals surface area contributed by atoms with Gasteiger partial charge < -0.3 is 29.4 Å². The molecule has 2 aliphatic heterocycles. The monoisotopic (exact) mass is 752 g/mol. The number of methoxy groups -OCH3 is 2. The topological polar surface area (TPSA) is 159 Å². The maximum Gasteiger partial charge on any atom is 0.351 e. The Morgan fingerprint density at radius 2 is 1.44 bits per heavy atom. The number of hydrogen-bond donors (Lipinski definition) is 2. The van der Waals surface area contributed by atoms with E-state index >= 15 is 0 Å². The lowest BCUT2D eigenvalue weighted by molar-refractivity contribution is -0.171. The van der Waals surface area contributed by atoms with E-state index in [0.717, 1.165) is 31.8 Å². The van der Waals surface area contributed by atoms with Crippen LogP contribution in [0.3, 0.4) is 0 Å². The van der Waals surface area contributed by atoms with Crippen molar-refractivity contribution in [2.75, 3.05) is 38.9 Å². The number of rotatable bonds is 12. The van der Waals surface area contributed by atoms with Gasteiger partial charge in [-0.3, -0.25) is 9.36 Å². The Morgan fingerprint density at radius 3 is 1.98 bits per heavy atom. The van der Waals surface area contributed by atoms with Crippen LogP contribution in [0, 0.1) is 6.92 Å². The van der Waals surface area contributed by atoms with Gasteiger partial charge in [0.15, 0.2) is 6.23 Å². The molecule has 0 spiro atoms. The predicted octanol–water partition coefficient (Wildman–Crippen LogP) is 4.10. The zero-order valence-corrected chi connectivity index (χ0v) is 30.9. The fourth-order valence-corrected chi connectivity index (χ4v) is 8.44. The van der Waals surface area contributed by atoms with Crippen LogP contribution in [0.5, 0.6) is 11.5 Å². The van der Waals surface area contributed by atoms with Gasteiger partial charge in [0.2, 0.25) is 10.0 Å². The van der Waals surface area contributed by atoms with Gasteiger partial charge in [-0.25, -0.2) is 13.2 Å². The summed E-state index contributed by atoms with van der Waals surface area (Å²) < 4.78 is 53.4. The standard InChI is InChI=1S/C40H40N4O9S/c1-26-23-43(38(47)42-35(26)41-36(46)27-11-7-5-8-12-27)37-33-34(45)39(53-37,24-44(33)54(4,48)49)25-52-40(28-13-9-6-10-14-28,29-15-19-31(50-2)20-16-29)30-17-21-32(51-3)22-18-30/h5-23,33-34,37,45H,24-25H2,1-4H3,(H,41,42,46,47)/t33-,34+,37-,39-/m1/s1. The average Bonchev–Trinajstić information content (AvgIpc) is 3.64. The largest absolute Gasteiger partial charge is 0.497 e. The molecule has 2 aliphatic rings. The minimum absolute atomic E-state index is 0.0402. The van der Waals surface area contributed by atoms with Gasteiger partial charge in [0.1, 0.15) is 34.6 Å². The van der Waals surface area contributed by atoms with E-state index in [-0.39, 0.29) is 19.0 Å². The molecule has 4 aromatic carbocycles. The van der Waals surface area contributed by atoms with Gasteiger partial charge in [-0.2, -0.15) is 9.29 Å². The van der Waals surface area contributed by atoms with Crippen molar-refractivity contribution in [1.82, 2.24) is 13.9 Å². The molecule has 280 valence electrons. The van der Waals surface area contributed by atoms with E-state index in [1.54, 1.807) is 51.5 Å². The third-order valence-corrected chi connectivity index (χ3v) is 11.3. The highest BCUT2D eigenvalue weighted by Crippen LogP contribution is 2.50. The number of aryl methyl sites for hydroxylation is 1. The molecule has 54 heavy (non-hydrogen) atoms. The van der Waals surface area contributed by atoms with Crippen LogP contribution in [-0.2, 0) is 25.1 Å². The van der Waals surface area contributed by atoms with E-state index in [1.165, 1.54) is 6.20 Å². The van der Waals surface area contributed by atoms with E-state index in [2.05, 4.69) is 10.3 Å². The van der Waals surface area contributed by atoms with Crippen LogP contribution in [-0.4, -0.2) is 84.7 Å². The molecule has 1 aromatic heterocycles. The Hall–Kier alpha value is -5.38. The smallest absolute Gasteiger partial charge is 0.351 e. The van der Waals surface area contributed by atoms with Gasteiger partial charge >= 0.3 is 5.69 Å².